The summed E-state index contributed by atoms with van der Waals surface area (Å²) >= 11 is 0. The summed E-state index contributed by atoms with van der Waals surface area (Å²) in [5.41, 5.74) is -0.214. The third kappa shape index (κ3) is 8.12. The highest BCUT2D eigenvalue weighted by Gasteiger charge is 2.25. The van der Waals surface area contributed by atoms with Crippen molar-refractivity contribution in [3.05, 3.63) is 0 Å². The number of hydrogen-bond acceptors (Lipinski definition) is 2. The summed E-state index contributed by atoms with van der Waals surface area (Å²) < 4.78 is 0. The van der Waals surface area contributed by atoms with Crippen molar-refractivity contribution in [2.75, 3.05) is 0 Å². The van der Waals surface area contributed by atoms with Gasteiger partial charge in [-0.15, -0.1) is 0 Å². The predicted molar refractivity (Wildman–Crippen MR) is 72.0 cm³/mol. The van der Waals surface area contributed by atoms with Gasteiger partial charge in [-0.25, -0.2) is 0 Å². The summed E-state index contributed by atoms with van der Waals surface area (Å²) in [6, 6.07) is 0. The number of Topliss-reactive ketones (excluding diaryl/α,β-unsaturated/α-hetero) is 2. The van der Waals surface area contributed by atoms with Gasteiger partial charge < -0.3 is 4.79 Å². The molecule has 0 saturated heterocycles. The summed E-state index contributed by atoms with van der Waals surface area (Å²) in [6.45, 7) is 9.63. The Morgan fingerprint density at radius 3 is 2.00 bits per heavy atom. The molecule has 1 unspecified atom stereocenters. The van der Waals surface area contributed by atoms with E-state index in [9.17, 15) is 9.59 Å². The molecular formula is C15H28O2. The molecule has 0 N–H and O–H groups in total. The smallest absolute Gasteiger partial charge is 0.140 e. The Kier molecular flexibility index (Phi) is 7.33. The minimum atomic E-state index is -0.214. The zero-order valence-corrected chi connectivity index (χ0v) is 12.1. The maximum absolute atomic E-state index is 11.9. The van der Waals surface area contributed by atoms with E-state index < -0.39 is 0 Å². The van der Waals surface area contributed by atoms with Crippen LogP contribution in [-0.2, 0) is 9.59 Å². The summed E-state index contributed by atoms with van der Waals surface area (Å²) in [5, 5.41) is 0. The maximum Gasteiger partial charge on any atom is 0.140 e. The van der Waals surface area contributed by atoms with E-state index in [1.807, 2.05) is 27.7 Å². The fourth-order valence-corrected chi connectivity index (χ4v) is 2.05. The molecule has 0 aliphatic carbocycles. The molecular weight excluding hydrogens is 212 g/mol. The van der Waals surface area contributed by atoms with Crippen molar-refractivity contribution in [3.63, 3.8) is 0 Å². The van der Waals surface area contributed by atoms with Gasteiger partial charge in [0.15, 0.2) is 0 Å². The van der Waals surface area contributed by atoms with Gasteiger partial charge in [-0.1, -0.05) is 47.0 Å². The molecule has 0 fully saturated rings. The third-order valence-electron chi connectivity index (χ3n) is 3.10. The molecule has 0 aliphatic heterocycles. The number of carbonyl (C=O) groups excluding carboxylic acids is 2. The largest absolute Gasteiger partial charge is 0.300 e. The van der Waals surface area contributed by atoms with Crippen molar-refractivity contribution in [2.24, 2.45) is 11.3 Å². The van der Waals surface area contributed by atoms with Crippen LogP contribution >= 0.6 is 0 Å². The lowest BCUT2D eigenvalue weighted by molar-refractivity contribution is -0.130. The topological polar surface area (TPSA) is 34.1 Å². The average Bonchev–Trinajstić information content (AvgIpc) is 2.19. The zero-order chi connectivity index (χ0) is 13.5. The van der Waals surface area contributed by atoms with Gasteiger partial charge in [-0.05, 0) is 19.8 Å². The minimum absolute atomic E-state index is 0.169. The van der Waals surface area contributed by atoms with Crippen LogP contribution in [0.15, 0.2) is 0 Å². The second-order valence-electron chi connectivity index (χ2n) is 6.17. The van der Waals surface area contributed by atoms with Crippen molar-refractivity contribution in [3.8, 4) is 0 Å². The normalized spacial score (nSPS) is 13.5. The fraction of sp³-hybridized carbons (Fsp3) is 0.867. The van der Waals surface area contributed by atoms with Crippen LogP contribution in [-0.4, -0.2) is 11.6 Å². The lowest BCUT2D eigenvalue weighted by atomic mass is 9.82. The molecule has 100 valence electrons. The highest BCUT2D eigenvalue weighted by atomic mass is 16.1. The lowest BCUT2D eigenvalue weighted by Crippen LogP contribution is -2.26. The molecule has 0 saturated carbocycles. The number of rotatable bonds is 8. The summed E-state index contributed by atoms with van der Waals surface area (Å²) in [7, 11) is 0. The van der Waals surface area contributed by atoms with Crippen LogP contribution in [0.25, 0.3) is 0 Å². The van der Waals surface area contributed by atoms with Gasteiger partial charge in [0, 0.05) is 17.8 Å². The van der Waals surface area contributed by atoms with Gasteiger partial charge in [0.1, 0.15) is 11.6 Å². The molecule has 17 heavy (non-hydrogen) atoms. The number of unbranched alkanes of at least 4 members (excludes halogenated alkanes) is 3. The second-order valence-corrected chi connectivity index (χ2v) is 6.17. The first-order valence-electron chi connectivity index (χ1n) is 6.79. The van der Waals surface area contributed by atoms with E-state index in [2.05, 4.69) is 0 Å². The SMILES string of the molecule is CC(=O)CCCCCCC(C)C(=O)C(C)(C)C. The quantitative estimate of drug-likeness (QED) is 0.597. The first-order chi connectivity index (χ1) is 7.75. The van der Waals surface area contributed by atoms with E-state index >= 15 is 0 Å². The molecule has 0 amide bonds. The molecule has 0 spiro atoms. The Labute approximate surface area is 106 Å². The first kappa shape index (κ1) is 16.3. The fourth-order valence-electron chi connectivity index (χ4n) is 2.05. The molecule has 2 heteroatoms. The molecule has 0 heterocycles. The Morgan fingerprint density at radius 1 is 1.00 bits per heavy atom. The van der Waals surface area contributed by atoms with Gasteiger partial charge in [-0.2, -0.15) is 0 Å². The van der Waals surface area contributed by atoms with Crippen molar-refractivity contribution < 1.29 is 9.59 Å². The first-order valence-corrected chi connectivity index (χ1v) is 6.79. The molecule has 0 rings (SSSR count). The third-order valence-corrected chi connectivity index (χ3v) is 3.10. The number of hydrogen-bond donors (Lipinski definition) is 0. The van der Waals surface area contributed by atoms with E-state index in [0.717, 1.165) is 32.1 Å². The second kappa shape index (κ2) is 7.62. The van der Waals surface area contributed by atoms with Gasteiger partial charge in [0.2, 0.25) is 0 Å². The van der Waals surface area contributed by atoms with Crippen molar-refractivity contribution in [1.29, 1.82) is 0 Å². The number of ketones is 2. The summed E-state index contributed by atoms with van der Waals surface area (Å²) in [6.07, 6.45) is 6.02. The minimum Gasteiger partial charge on any atom is -0.300 e. The van der Waals surface area contributed by atoms with Crippen molar-refractivity contribution in [2.45, 2.75) is 73.1 Å². The predicted octanol–water partition coefficient (Wildman–Crippen LogP) is 4.17. The Morgan fingerprint density at radius 2 is 1.53 bits per heavy atom. The molecule has 1 atom stereocenters. The molecule has 0 radical (unpaired) electrons. The van der Waals surface area contributed by atoms with Crippen LogP contribution < -0.4 is 0 Å². The van der Waals surface area contributed by atoms with Crippen LogP contribution in [0.4, 0.5) is 0 Å². The highest BCUT2D eigenvalue weighted by Crippen LogP contribution is 2.23. The maximum atomic E-state index is 11.9. The molecule has 0 aromatic carbocycles. The Bertz CT molecular complexity index is 248. The molecule has 0 aromatic heterocycles. The molecule has 0 aliphatic rings. The van der Waals surface area contributed by atoms with Crippen molar-refractivity contribution in [1.82, 2.24) is 0 Å². The molecule has 0 bridgehead atoms. The molecule has 2 nitrogen and oxygen atoms in total. The van der Waals surface area contributed by atoms with E-state index in [4.69, 9.17) is 0 Å². The average molecular weight is 240 g/mol. The van der Waals surface area contributed by atoms with Crippen LogP contribution in [0.3, 0.4) is 0 Å². The van der Waals surface area contributed by atoms with Crippen molar-refractivity contribution >= 4 is 11.6 Å². The Balaban J connectivity index is 3.62. The van der Waals surface area contributed by atoms with E-state index in [0.29, 0.717) is 12.2 Å². The monoisotopic (exact) mass is 240 g/mol. The van der Waals surface area contributed by atoms with Gasteiger partial charge >= 0.3 is 0 Å². The number of carbonyl (C=O) groups is 2. The molecule has 0 aromatic rings. The van der Waals surface area contributed by atoms with E-state index in [1.54, 1.807) is 6.92 Å². The lowest BCUT2D eigenvalue weighted by Gasteiger charge is -2.21. The highest BCUT2D eigenvalue weighted by molar-refractivity contribution is 5.85. The van der Waals surface area contributed by atoms with Crippen LogP contribution in [0.1, 0.15) is 73.1 Å². The van der Waals surface area contributed by atoms with Crippen LogP contribution in [0.2, 0.25) is 0 Å². The van der Waals surface area contributed by atoms with E-state index in [-0.39, 0.29) is 17.1 Å². The standard InChI is InChI=1S/C15H28O2/c1-12(14(17)15(3,4)5)10-8-6-7-9-11-13(2)16/h12H,6-11H2,1-5H3. The summed E-state index contributed by atoms with van der Waals surface area (Å²) in [4.78, 5) is 22.7. The van der Waals surface area contributed by atoms with Crippen LogP contribution in [0.5, 0.6) is 0 Å². The van der Waals surface area contributed by atoms with E-state index in [1.165, 1.54) is 0 Å². The Hall–Kier alpha value is -0.660. The zero-order valence-electron chi connectivity index (χ0n) is 12.1. The van der Waals surface area contributed by atoms with Gasteiger partial charge in [0.05, 0.1) is 0 Å². The van der Waals surface area contributed by atoms with Crippen LogP contribution in [0, 0.1) is 11.3 Å². The van der Waals surface area contributed by atoms with Gasteiger partial charge in [0.25, 0.3) is 0 Å². The summed E-state index contributed by atoms with van der Waals surface area (Å²) in [5.74, 6) is 0.810. The van der Waals surface area contributed by atoms with Gasteiger partial charge in [-0.3, -0.25) is 4.79 Å².